The maximum Gasteiger partial charge on any atom is 0.326 e. The van der Waals surface area contributed by atoms with Gasteiger partial charge in [-0.1, -0.05) is 0 Å². The summed E-state index contributed by atoms with van der Waals surface area (Å²) in [5.74, 6) is -1.64. The fraction of sp³-hybridized carbons (Fsp3) is 0.667. The molecule has 0 heterocycles. The lowest BCUT2D eigenvalue weighted by Crippen LogP contribution is -2.52. The molecule has 0 rings (SSSR count). The van der Waals surface area contributed by atoms with Crippen molar-refractivity contribution in [2.45, 2.75) is 25.4 Å². The van der Waals surface area contributed by atoms with Crippen LogP contribution in [0.4, 0.5) is 4.79 Å². The SMILES string of the molecule is CNC(=O)C(C)NC(=O)N[C@H](CCO)C(=O)O. The van der Waals surface area contributed by atoms with Crippen LogP contribution in [0.5, 0.6) is 0 Å². The Hall–Kier alpha value is -1.83. The van der Waals surface area contributed by atoms with Crippen LogP contribution in [0.2, 0.25) is 0 Å². The van der Waals surface area contributed by atoms with Gasteiger partial charge in [0, 0.05) is 20.1 Å². The number of amides is 3. The number of urea groups is 1. The summed E-state index contributed by atoms with van der Waals surface area (Å²) in [6.45, 7) is 1.10. The third kappa shape index (κ3) is 5.71. The smallest absolute Gasteiger partial charge is 0.326 e. The molecule has 0 saturated carbocycles. The summed E-state index contributed by atoms with van der Waals surface area (Å²) in [4.78, 5) is 33.1. The molecule has 0 aromatic rings. The zero-order chi connectivity index (χ0) is 13.4. The number of carboxylic acid groups (broad SMARTS) is 1. The molecular weight excluding hydrogens is 230 g/mol. The lowest BCUT2D eigenvalue weighted by molar-refractivity contribution is -0.139. The Morgan fingerprint density at radius 1 is 1.24 bits per heavy atom. The van der Waals surface area contributed by atoms with Gasteiger partial charge in [0.05, 0.1) is 0 Å². The van der Waals surface area contributed by atoms with Gasteiger partial charge in [0.1, 0.15) is 12.1 Å². The van der Waals surface area contributed by atoms with Crippen molar-refractivity contribution in [3.63, 3.8) is 0 Å². The summed E-state index contributed by atoms with van der Waals surface area (Å²) < 4.78 is 0. The molecule has 0 radical (unpaired) electrons. The fourth-order valence-corrected chi connectivity index (χ4v) is 1.07. The maximum atomic E-state index is 11.3. The molecule has 8 nitrogen and oxygen atoms in total. The highest BCUT2D eigenvalue weighted by Crippen LogP contribution is 1.91. The monoisotopic (exact) mass is 247 g/mol. The minimum absolute atomic E-state index is 0.100. The molecule has 98 valence electrons. The molecule has 8 heteroatoms. The predicted molar refractivity (Wildman–Crippen MR) is 58.3 cm³/mol. The van der Waals surface area contributed by atoms with Crippen LogP contribution in [0.3, 0.4) is 0 Å². The molecule has 5 N–H and O–H groups in total. The molecule has 1 unspecified atom stereocenters. The van der Waals surface area contributed by atoms with Crippen molar-refractivity contribution in [1.82, 2.24) is 16.0 Å². The fourth-order valence-electron chi connectivity index (χ4n) is 1.07. The second-order valence-electron chi connectivity index (χ2n) is 3.36. The number of carbonyl (C=O) groups excluding carboxylic acids is 2. The number of aliphatic hydroxyl groups excluding tert-OH is 1. The van der Waals surface area contributed by atoms with E-state index in [9.17, 15) is 14.4 Å². The second-order valence-corrected chi connectivity index (χ2v) is 3.36. The van der Waals surface area contributed by atoms with Crippen LogP contribution in [0.1, 0.15) is 13.3 Å². The Kier molecular flexibility index (Phi) is 6.64. The first-order valence-corrected chi connectivity index (χ1v) is 5.04. The van der Waals surface area contributed by atoms with Crippen LogP contribution >= 0.6 is 0 Å². The third-order valence-electron chi connectivity index (χ3n) is 2.01. The molecule has 0 aliphatic carbocycles. The number of carboxylic acids is 1. The highest BCUT2D eigenvalue weighted by molar-refractivity contribution is 5.88. The molecule has 0 aromatic carbocycles. The zero-order valence-electron chi connectivity index (χ0n) is 9.69. The number of likely N-dealkylation sites (N-methyl/N-ethyl adjacent to an activating group) is 1. The highest BCUT2D eigenvalue weighted by Gasteiger charge is 2.21. The van der Waals surface area contributed by atoms with Crippen molar-refractivity contribution in [2.75, 3.05) is 13.7 Å². The van der Waals surface area contributed by atoms with Crippen LogP contribution in [-0.4, -0.2) is 53.9 Å². The maximum absolute atomic E-state index is 11.3. The molecule has 0 saturated heterocycles. The lowest BCUT2D eigenvalue weighted by Gasteiger charge is -2.16. The molecule has 0 aliphatic rings. The van der Waals surface area contributed by atoms with E-state index >= 15 is 0 Å². The first kappa shape index (κ1) is 15.2. The quantitative estimate of drug-likeness (QED) is 0.380. The van der Waals surface area contributed by atoms with Gasteiger partial charge >= 0.3 is 12.0 Å². The van der Waals surface area contributed by atoms with Gasteiger partial charge < -0.3 is 26.2 Å². The Labute approximate surface area is 98.4 Å². The van der Waals surface area contributed by atoms with Crippen LogP contribution in [0.25, 0.3) is 0 Å². The number of aliphatic hydroxyl groups is 1. The standard InChI is InChI=1S/C9H17N3O5/c1-5(7(14)10-2)11-9(17)12-6(3-4-13)8(15)16/h5-6,13H,3-4H2,1-2H3,(H,10,14)(H,15,16)(H2,11,12,17)/t5?,6-/m1/s1. The molecule has 0 aliphatic heterocycles. The summed E-state index contributed by atoms with van der Waals surface area (Å²) in [5.41, 5.74) is 0. The van der Waals surface area contributed by atoms with Gasteiger partial charge in [0.25, 0.3) is 0 Å². The minimum Gasteiger partial charge on any atom is -0.480 e. The first-order valence-electron chi connectivity index (χ1n) is 5.04. The molecule has 0 bridgehead atoms. The first-order chi connectivity index (χ1) is 7.92. The van der Waals surface area contributed by atoms with Crippen molar-refractivity contribution in [3.8, 4) is 0 Å². The van der Waals surface area contributed by atoms with E-state index in [4.69, 9.17) is 10.2 Å². The number of rotatable bonds is 6. The average Bonchev–Trinajstić information content (AvgIpc) is 2.26. The number of nitrogens with one attached hydrogen (secondary N) is 3. The molecule has 0 spiro atoms. The normalized spacial score (nSPS) is 13.4. The largest absolute Gasteiger partial charge is 0.480 e. The summed E-state index contributed by atoms with van der Waals surface area (Å²) in [7, 11) is 1.42. The van der Waals surface area contributed by atoms with E-state index in [-0.39, 0.29) is 13.0 Å². The van der Waals surface area contributed by atoms with Gasteiger partial charge in [-0.05, 0) is 6.92 Å². The zero-order valence-corrected chi connectivity index (χ0v) is 9.69. The van der Waals surface area contributed by atoms with E-state index in [1.807, 2.05) is 0 Å². The predicted octanol–water partition coefficient (Wildman–Crippen LogP) is -1.74. The minimum atomic E-state index is -1.25. The number of carbonyl (C=O) groups is 3. The van der Waals surface area contributed by atoms with Crippen LogP contribution in [0.15, 0.2) is 0 Å². The van der Waals surface area contributed by atoms with Crippen molar-refractivity contribution < 1.29 is 24.6 Å². The van der Waals surface area contributed by atoms with E-state index in [2.05, 4.69) is 16.0 Å². The number of hydrogen-bond acceptors (Lipinski definition) is 4. The van der Waals surface area contributed by atoms with Gasteiger partial charge in [-0.3, -0.25) is 4.79 Å². The van der Waals surface area contributed by atoms with Crippen molar-refractivity contribution >= 4 is 17.9 Å². The molecule has 2 atom stereocenters. The summed E-state index contributed by atoms with van der Waals surface area (Å²) in [6.07, 6.45) is -0.100. The molecule has 3 amide bonds. The molecule has 17 heavy (non-hydrogen) atoms. The van der Waals surface area contributed by atoms with Gasteiger partial charge in [-0.15, -0.1) is 0 Å². The lowest BCUT2D eigenvalue weighted by atomic mass is 10.2. The van der Waals surface area contributed by atoms with E-state index in [0.29, 0.717) is 0 Å². The Morgan fingerprint density at radius 3 is 2.24 bits per heavy atom. The summed E-state index contributed by atoms with van der Waals surface area (Å²) in [6, 6.07) is -2.73. The highest BCUT2D eigenvalue weighted by atomic mass is 16.4. The number of aliphatic carboxylic acids is 1. The Balaban J connectivity index is 4.23. The number of hydrogen-bond donors (Lipinski definition) is 5. The topological polar surface area (TPSA) is 128 Å². The van der Waals surface area contributed by atoms with Gasteiger partial charge in [-0.2, -0.15) is 0 Å². The second kappa shape index (κ2) is 7.44. The molecular formula is C9H17N3O5. The molecule has 0 fully saturated rings. The third-order valence-corrected chi connectivity index (χ3v) is 2.01. The van der Waals surface area contributed by atoms with Crippen molar-refractivity contribution in [3.05, 3.63) is 0 Å². The molecule has 0 aromatic heterocycles. The van der Waals surface area contributed by atoms with Gasteiger partial charge in [0.2, 0.25) is 5.91 Å². The van der Waals surface area contributed by atoms with Gasteiger partial charge in [0.15, 0.2) is 0 Å². The Morgan fingerprint density at radius 2 is 1.82 bits per heavy atom. The summed E-state index contributed by atoms with van der Waals surface area (Å²) in [5, 5.41) is 24.1. The van der Waals surface area contributed by atoms with E-state index in [0.717, 1.165) is 0 Å². The van der Waals surface area contributed by atoms with E-state index in [1.165, 1.54) is 14.0 Å². The summed E-state index contributed by atoms with van der Waals surface area (Å²) >= 11 is 0. The van der Waals surface area contributed by atoms with Crippen molar-refractivity contribution in [2.24, 2.45) is 0 Å². The van der Waals surface area contributed by atoms with Gasteiger partial charge in [-0.25, -0.2) is 9.59 Å². The van der Waals surface area contributed by atoms with Crippen molar-refractivity contribution in [1.29, 1.82) is 0 Å². The van der Waals surface area contributed by atoms with Crippen LogP contribution in [-0.2, 0) is 9.59 Å². The van der Waals surface area contributed by atoms with Crippen LogP contribution < -0.4 is 16.0 Å². The van der Waals surface area contributed by atoms with Crippen LogP contribution in [0, 0.1) is 0 Å². The Bertz CT molecular complexity index is 294. The van der Waals surface area contributed by atoms with E-state index < -0.39 is 30.0 Å². The average molecular weight is 247 g/mol. The van der Waals surface area contributed by atoms with E-state index in [1.54, 1.807) is 0 Å².